The zero-order valence-electron chi connectivity index (χ0n) is 11.2. The summed E-state index contributed by atoms with van der Waals surface area (Å²) >= 11 is 0. The smallest absolute Gasteiger partial charge is 0.371 e. The first-order valence-corrected chi connectivity index (χ1v) is 6.23. The van der Waals surface area contributed by atoms with Crippen molar-refractivity contribution in [1.82, 2.24) is 5.32 Å². The van der Waals surface area contributed by atoms with Gasteiger partial charge in [-0.05, 0) is 24.5 Å². The summed E-state index contributed by atoms with van der Waals surface area (Å²) in [5, 5.41) is 11.4. The van der Waals surface area contributed by atoms with Gasteiger partial charge in [0.05, 0.1) is 12.5 Å². The van der Waals surface area contributed by atoms with E-state index >= 15 is 0 Å². The molecule has 0 radical (unpaired) electrons. The van der Waals surface area contributed by atoms with Crippen molar-refractivity contribution in [1.29, 1.82) is 0 Å². The van der Waals surface area contributed by atoms with Crippen LogP contribution in [0.4, 0.5) is 0 Å². The van der Waals surface area contributed by atoms with Gasteiger partial charge in [-0.15, -0.1) is 0 Å². The van der Waals surface area contributed by atoms with Crippen molar-refractivity contribution in [2.24, 2.45) is 17.6 Å². The molecule has 1 aromatic heterocycles. The fraction of sp³-hybridized carbons (Fsp3) is 0.538. The average molecular weight is 268 g/mol. The van der Waals surface area contributed by atoms with Crippen LogP contribution >= 0.6 is 0 Å². The fourth-order valence-corrected chi connectivity index (χ4v) is 1.79. The van der Waals surface area contributed by atoms with Crippen LogP contribution in [0.3, 0.4) is 0 Å². The molecule has 0 spiro atoms. The maximum atomic E-state index is 11.9. The number of hydrogen-bond donors (Lipinski definition) is 3. The molecule has 106 valence electrons. The third-order valence-corrected chi connectivity index (χ3v) is 2.72. The van der Waals surface area contributed by atoms with Crippen LogP contribution in [-0.4, -0.2) is 23.5 Å². The van der Waals surface area contributed by atoms with Gasteiger partial charge < -0.3 is 20.6 Å². The van der Waals surface area contributed by atoms with E-state index in [1.807, 2.05) is 13.8 Å². The predicted molar refractivity (Wildman–Crippen MR) is 69.5 cm³/mol. The molecule has 0 aromatic carbocycles. The van der Waals surface area contributed by atoms with Crippen molar-refractivity contribution in [3.05, 3.63) is 23.7 Å². The number of furan rings is 1. The van der Waals surface area contributed by atoms with E-state index in [1.165, 1.54) is 12.1 Å². The topological polar surface area (TPSA) is 106 Å². The van der Waals surface area contributed by atoms with E-state index in [0.29, 0.717) is 18.2 Å². The van der Waals surface area contributed by atoms with Crippen LogP contribution in [0, 0.1) is 11.8 Å². The summed E-state index contributed by atoms with van der Waals surface area (Å²) in [5.41, 5.74) is 5.57. The summed E-state index contributed by atoms with van der Waals surface area (Å²) in [4.78, 5) is 22.5. The molecule has 1 amide bonds. The number of aromatic carboxylic acids is 1. The number of nitrogens with one attached hydrogen (secondary N) is 1. The normalized spacial score (nSPS) is 12.4. The van der Waals surface area contributed by atoms with E-state index in [1.54, 1.807) is 0 Å². The van der Waals surface area contributed by atoms with Crippen molar-refractivity contribution < 1.29 is 19.1 Å². The lowest BCUT2D eigenvalue weighted by atomic mass is 9.96. The van der Waals surface area contributed by atoms with Crippen LogP contribution in [0.25, 0.3) is 0 Å². The molecule has 0 aliphatic rings. The Morgan fingerprint density at radius 3 is 2.58 bits per heavy atom. The van der Waals surface area contributed by atoms with Crippen LogP contribution in [0.5, 0.6) is 0 Å². The van der Waals surface area contributed by atoms with Gasteiger partial charge in [0, 0.05) is 6.54 Å². The Labute approximate surface area is 112 Å². The maximum absolute atomic E-state index is 11.9. The Balaban J connectivity index is 2.50. The minimum atomic E-state index is -1.13. The highest BCUT2D eigenvalue weighted by Crippen LogP contribution is 2.12. The summed E-state index contributed by atoms with van der Waals surface area (Å²) in [6, 6.07) is 2.89. The van der Waals surface area contributed by atoms with E-state index in [2.05, 4.69) is 5.32 Å². The quantitative estimate of drug-likeness (QED) is 0.689. The van der Waals surface area contributed by atoms with E-state index < -0.39 is 5.97 Å². The minimum Gasteiger partial charge on any atom is -0.475 e. The molecule has 1 unspecified atom stereocenters. The first-order valence-electron chi connectivity index (χ1n) is 6.23. The highest BCUT2D eigenvalue weighted by Gasteiger charge is 2.18. The summed E-state index contributed by atoms with van der Waals surface area (Å²) in [7, 11) is 0. The second kappa shape index (κ2) is 6.94. The highest BCUT2D eigenvalue weighted by molar-refractivity contribution is 5.84. The van der Waals surface area contributed by atoms with E-state index in [9.17, 15) is 9.59 Å². The molecule has 1 heterocycles. The number of carbonyl (C=O) groups is 2. The minimum absolute atomic E-state index is 0.135. The van der Waals surface area contributed by atoms with Gasteiger partial charge in [-0.1, -0.05) is 13.8 Å². The van der Waals surface area contributed by atoms with Crippen LogP contribution in [0.15, 0.2) is 16.5 Å². The highest BCUT2D eigenvalue weighted by atomic mass is 16.4. The third-order valence-electron chi connectivity index (χ3n) is 2.72. The van der Waals surface area contributed by atoms with Gasteiger partial charge in [0.2, 0.25) is 11.7 Å². The zero-order chi connectivity index (χ0) is 14.4. The summed E-state index contributed by atoms with van der Waals surface area (Å²) in [5.74, 6) is -0.829. The van der Waals surface area contributed by atoms with Crippen LogP contribution in [0.2, 0.25) is 0 Å². The average Bonchev–Trinajstić information content (AvgIpc) is 2.81. The van der Waals surface area contributed by atoms with Crippen molar-refractivity contribution in [2.75, 3.05) is 6.54 Å². The van der Waals surface area contributed by atoms with E-state index in [0.717, 1.165) is 6.42 Å². The second-order valence-electron chi connectivity index (χ2n) is 4.85. The van der Waals surface area contributed by atoms with Gasteiger partial charge in [0.1, 0.15) is 5.76 Å². The molecule has 1 atom stereocenters. The monoisotopic (exact) mass is 268 g/mol. The van der Waals surface area contributed by atoms with Crippen LogP contribution in [-0.2, 0) is 11.3 Å². The van der Waals surface area contributed by atoms with Crippen LogP contribution < -0.4 is 11.1 Å². The van der Waals surface area contributed by atoms with Crippen molar-refractivity contribution in [3.63, 3.8) is 0 Å². The molecule has 0 bridgehead atoms. The van der Waals surface area contributed by atoms with E-state index in [-0.39, 0.29) is 24.1 Å². The lowest BCUT2D eigenvalue weighted by Gasteiger charge is -2.16. The van der Waals surface area contributed by atoms with Gasteiger partial charge in [0.15, 0.2) is 0 Å². The Hall–Kier alpha value is -1.82. The molecule has 0 aliphatic heterocycles. The maximum Gasteiger partial charge on any atom is 0.371 e. The number of amides is 1. The standard InChI is InChI=1S/C13H20N2O4/c1-8(2)5-9(6-14)12(16)15-7-10-3-4-11(19-10)13(17)18/h3-4,8-9H,5-7,14H2,1-2H3,(H,15,16)(H,17,18). The van der Waals surface area contributed by atoms with Crippen molar-refractivity contribution in [3.8, 4) is 0 Å². The number of carboxylic acid groups (broad SMARTS) is 1. The Kier molecular flexibility index (Phi) is 5.57. The third kappa shape index (κ3) is 4.75. The molecular weight excluding hydrogens is 248 g/mol. The molecular formula is C13H20N2O4. The largest absolute Gasteiger partial charge is 0.475 e. The number of rotatable bonds is 7. The second-order valence-corrected chi connectivity index (χ2v) is 4.85. The summed E-state index contributed by atoms with van der Waals surface area (Å²) in [6.07, 6.45) is 0.723. The predicted octanol–water partition coefficient (Wildman–Crippen LogP) is 1.22. The SMILES string of the molecule is CC(C)CC(CN)C(=O)NCc1ccc(C(=O)O)o1. The van der Waals surface area contributed by atoms with Crippen LogP contribution in [0.1, 0.15) is 36.6 Å². The molecule has 1 aromatic rings. The molecule has 0 saturated carbocycles. The van der Waals surface area contributed by atoms with Gasteiger partial charge >= 0.3 is 5.97 Å². The van der Waals surface area contributed by atoms with Gasteiger partial charge in [-0.25, -0.2) is 4.79 Å². The Morgan fingerprint density at radius 2 is 2.11 bits per heavy atom. The van der Waals surface area contributed by atoms with Gasteiger partial charge in [0.25, 0.3) is 0 Å². The molecule has 6 nitrogen and oxygen atoms in total. The first-order chi connectivity index (χ1) is 8.93. The number of carbonyl (C=O) groups excluding carboxylic acids is 1. The first kappa shape index (κ1) is 15.2. The lowest BCUT2D eigenvalue weighted by molar-refractivity contribution is -0.125. The summed E-state index contributed by atoms with van der Waals surface area (Å²) in [6.45, 7) is 4.52. The fourth-order valence-electron chi connectivity index (χ4n) is 1.79. The molecule has 1 rings (SSSR count). The van der Waals surface area contributed by atoms with Gasteiger partial charge in [-0.2, -0.15) is 0 Å². The zero-order valence-corrected chi connectivity index (χ0v) is 11.2. The Morgan fingerprint density at radius 1 is 1.42 bits per heavy atom. The number of carboxylic acids is 1. The Bertz CT molecular complexity index is 440. The molecule has 6 heteroatoms. The lowest BCUT2D eigenvalue weighted by Crippen LogP contribution is -2.35. The molecule has 19 heavy (non-hydrogen) atoms. The molecule has 4 N–H and O–H groups in total. The van der Waals surface area contributed by atoms with Gasteiger partial charge in [-0.3, -0.25) is 4.79 Å². The van der Waals surface area contributed by atoms with Crippen molar-refractivity contribution >= 4 is 11.9 Å². The van der Waals surface area contributed by atoms with Crippen molar-refractivity contribution in [2.45, 2.75) is 26.8 Å². The van der Waals surface area contributed by atoms with E-state index in [4.69, 9.17) is 15.3 Å². The number of nitrogens with two attached hydrogens (primary N) is 1. The number of hydrogen-bond acceptors (Lipinski definition) is 4. The molecule has 0 fully saturated rings. The summed E-state index contributed by atoms with van der Waals surface area (Å²) < 4.78 is 5.04. The molecule has 0 aliphatic carbocycles. The molecule has 0 saturated heterocycles.